The summed E-state index contributed by atoms with van der Waals surface area (Å²) in [5, 5.41) is 6.13. The molecular formula is C12H17N3OS. The van der Waals surface area contributed by atoms with Gasteiger partial charge < -0.3 is 10.1 Å². The molecule has 4 nitrogen and oxygen atoms in total. The number of aromatic nitrogens is 2. The van der Waals surface area contributed by atoms with E-state index in [0.717, 1.165) is 16.8 Å². The van der Waals surface area contributed by atoms with E-state index in [2.05, 4.69) is 29.1 Å². The van der Waals surface area contributed by atoms with E-state index in [1.807, 2.05) is 18.4 Å². The van der Waals surface area contributed by atoms with E-state index >= 15 is 0 Å². The number of rotatable bonds is 5. The van der Waals surface area contributed by atoms with E-state index in [9.17, 15) is 0 Å². The molecule has 0 saturated carbocycles. The lowest BCUT2D eigenvalue weighted by Gasteiger charge is -2.10. The Labute approximate surface area is 105 Å². The SMILES string of the molecule is CCNc1nc(OCC(C)C)c2ccsc2n1. The summed E-state index contributed by atoms with van der Waals surface area (Å²) < 4.78 is 5.74. The van der Waals surface area contributed by atoms with E-state index in [-0.39, 0.29) is 0 Å². The van der Waals surface area contributed by atoms with Gasteiger partial charge in [-0.1, -0.05) is 13.8 Å². The summed E-state index contributed by atoms with van der Waals surface area (Å²) in [6, 6.07) is 2.01. The Bertz CT molecular complexity index is 495. The van der Waals surface area contributed by atoms with Crippen LogP contribution < -0.4 is 10.1 Å². The first-order valence-corrected chi connectivity index (χ1v) is 6.70. The molecule has 0 bridgehead atoms. The Hall–Kier alpha value is -1.36. The lowest BCUT2D eigenvalue weighted by molar-refractivity contribution is 0.265. The molecule has 2 heterocycles. The molecule has 0 spiro atoms. The fraction of sp³-hybridized carbons (Fsp3) is 0.500. The molecule has 0 aromatic carbocycles. The van der Waals surface area contributed by atoms with E-state index in [4.69, 9.17) is 4.74 Å². The number of thiophene rings is 1. The maximum atomic E-state index is 5.74. The molecule has 2 aromatic heterocycles. The predicted molar refractivity (Wildman–Crippen MR) is 71.9 cm³/mol. The lowest BCUT2D eigenvalue weighted by Crippen LogP contribution is -2.08. The standard InChI is InChI=1S/C12H17N3OS/c1-4-13-12-14-10(16-7-8(2)3)9-5-6-17-11(9)15-12/h5-6,8H,4,7H2,1-3H3,(H,13,14,15). The quantitative estimate of drug-likeness (QED) is 0.886. The molecule has 0 unspecified atom stereocenters. The van der Waals surface area contributed by atoms with Crippen molar-refractivity contribution in [1.82, 2.24) is 9.97 Å². The van der Waals surface area contributed by atoms with Gasteiger partial charge in [-0.3, -0.25) is 0 Å². The van der Waals surface area contributed by atoms with Crippen molar-refractivity contribution < 1.29 is 4.74 Å². The lowest BCUT2D eigenvalue weighted by atomic mass is 10.2. The molecule has 0 amide bonds. The fourth-order valence-electron chi connectivity index (χ4n) is 1.42. The van der Waals surface area contributed by atoms with Crippen LogP contribution >= 0.6 is 11.3 Å². The van der Waals surface area contributed by atoms with Crippen molar-refractivity contribution in [3.05, 3.63) is 11.4 Å². The molecule has 2 aromatic rings. The highest BCUT2D eigenvalue weighted by Crippen LogP contribution is 2.28. The third-order valence-corrected chi connectivity index (χ3v) is 2.98. The van der Waals surface area contributed by atoms with Crippen LogP contribution in [-0.2, 0) is 0 Å². The third-order valence-electron chi connectivity index (χ3n) is 2.18. The molecule has 92 valence electrons. The Morgan fingerprint density at radius 1 is 1.41 bits per heavy atom. The molecule has 17 heavy (non-hydrogen) atoms. The van der Waals surface area contributed by atoms with Gasteiger partial charge in [0, 0.05) is 6.54 Å². The van der Waals surface area contributed by atoms with Gasteiger partial charge in [-0.25, -0.2) is 4.98 Å². The van der Waals surface area contributed by atoms with Crippen LogP contribution in [0.5, 0.6) is 5.88 Å². The van der Waals surface area contributed by atoms with Crippen LogP contribution in [0.4, 0.5) is 5.95 Å². The van der Waals surface area contributed by atoms with Gasteiger partial charge in [-0.05, 0) is 24.3 Å². The van der Waals surface area contributed by atoms with Gasteiger partial charge >= 0.3 is 0 Å². The largest absolute Gasteiger partial charge is 0.477 e. The summed E-state index contributed by atoms with van der Waals surface area (Å²) in [6.45, 7) is 7.75. The molecule has 0 aliphatic rings. The van der Waals surface area contributed by atoms with Crippen LogP contribution in [0.15, 0.2) is 11.4 Å². The zero-order valence-electron chi connectivity index (χ0n) is 10.4. The van der Waals surface area contributed by atoms with Gasteiger partial charge in [0.05, 0.1) is 12.0 Å². The van der Waals surface area contributed by atoms with Crippen molar-refractivity contribution in [2.24, 2.45) is 5.92 Å². The first-order valence-electron chi connectivity index (χ1n) is 5.82. The Morgan fingerprint density at radius 2 is 2.24 bits per heavy atom. The van der Waals surface area contributed by atoms with E-state index in [1.165, 1.54) is 0 Å². The highest BCUT2D eigenvalue weighted by Gasteiger charge is 2.10. The van der Waals surface area contributed by atoms with Crippen LogP contribution in [0.1, 0.15) is 20.8 Å². The molecule has 0 saturated heterocycles. The summed E-state index contributed by atoms with van der Waals surface area (Å²) in [7, 11) is 0. The van der Waals surface area contributed by atoms with Gasteiger partial charge in [-0.2, -0.15) is 4.98 Å². The minimum Gasteiger partial charge on any atom is -0.477 e. The second kappa shape index (κ2) is 5.31. The molecule has 1 N–H and O–H groups in total. The van der Waals surface area contributed by atoms with Gasteiger partial charge in [-0.15, -0.1) is 11.3 Å². The zero-order chi connectivity index (χ0) is 12.3. The van der Waals surface area contributed by atoms with Gasteiger partial charge in [0.15, 0.2) is 0 Å². The maximum absolute atomic E-state index is 5.74. The van der Waals surface area contributed by atoms with Crippen molar-refractivity contribution in [2.45, 2.75) is 20.8 Å². The van der Waals surface area contributed by atoms with Gasteiger partial charge in [0.25, 0.3) is 0 Å². The zero-order valence-corrected chi connectivity index (χ0v) is 11.2. The first-order chi connectivity index (χ1) is 8.20. The van der Waals surface area contributed by atoms with Crippen molar-refractivity contribution >= 4 is 27.5 Å². The predicted octanol–water partition coefficient (Wildman–Crippen LogP) is 3.16. The van der Waals surface area contributed by atoms with Crippen molar-refractivity contribution in [3.63, 3.8) is 0 Å². The molecule has 5 heteroatoms. The van der Waals surface area contributed by atoms with Gasteiger partial charge in [0.1, 0.15) is 4.83 Å². The Morgan fingerprint density at radius 3 is 2.94 bits per heavy atom. The molecule has 0 radical (unpaired) electrons. The topological polar surface area (TPSA) is 47.0 Å². The fourth-order valence-corrected chi connectivity index (χ4v) is 2.18. The minimum absolute atomic E-state index is 0.487. The smallest absolute Gasteiger partial charge is 0.227 e. The number of nitrogens with zero attached hydrogens (tertiary/aromatic N) is 2. The summed E-state index contributed by atoms with van der Waals surface area (Å²) in [5.41, 5.74) is 0. The second-order valence-electron chi connectivity index (χ2n) is 4.23. The average molecular weight is 251 g/mol. The molecule has 0 fully saturated rings. The third kappa shape index (κ3) is 2.85. The highest BCUT2D eigenvalue weighted by molar-refractivity contribution is 7.16. The summed E-state index contributed by atoms with van der Waals surface area (Å²) in [4.78, 5) is 9.79. The van der Waals surface area contributed by atoms with Crippen molar-refractivity contribution in [2.75, 3.05) is 18.5 Å². The van der Waals surface area contributed by atoms with Crippen LogP contribution in [0.25, 0.3) is 10.2 Å². The van der Waals surface area contributed by atoms with E-state index in [0.29, 0.717) is 24.4 Å². The average Bonchev–Trinajstić information content (AvgIpc) is 2.74. The number of hydrogen-bond donors (Lipinski definition) is 1. The number of hydrogen-bond acceptors (Lipinski definition) is 5. The van der Waals surface area contributed by atoms with Crippen LogP contribution in [0.2, 0.25) is 0 Å². The van der Waals surface area contributed by atoms with Crippen LogP contribution in [0, 0.1) is 5.92 Å². The number of anilines is 1. The maximum Gasteiger partial charge on any atom is 0.227 e. The number of nitrogens with one attached hydrogen (secondary N) is 1. The van der Waals surface area contributed by atoms with Crippen molar-refractivity contribution in [3.8, 4) is 5.88 Å². The van der Waals surface area contributed by atoms with Gasteiger partial charge in [0.2, 0.25) is 11.8 Å². The number of fused-ring (bicyclic) bond motifs is 1. The van der Waals surface area contributed by atoms with Crippen LogP contribution in [-0.4, -0.2) is 23.1 Å². The Balaban J connectivity index is 2.32. The highest BCUT2D eigenvalue weighted by atomic mass is 32.1. The van der Waals surface area contributed by atoms with Crippen LogP contribution in [0.3, 0.4) is 0 Å². The summed E-state index contributed by atoms with van der Waals surface area (Å²) >= 11 is 1.60. The van der Waals surface area contributed by atoms with E-state index in [1.54, 1.807) is 11.3 Å². The van der Waals surface area contributed by atoms with Crippen molar-refractivity contribution in [1.29, 1.82) is 0 Å². The normalized spacial score (nSPS) is 11.1. The first kappa shape index (κ1) is 12.1. The Kier molecular flexibility index (Phi) is 3.78. The second-order valence-corrected chi connectivity index (χ2v) is 5.12. The monoisotopic (exact) mass is 251 g/mol. The summed E-state index contributed by atoms with van der Waals surface area (Å²) in [5.74, 6) is 1.81. The van der Waals surface area contributed by atoms with E-state index < -0.39 is 0 Å². The minimum atomic E-state index is 0.487. The molecule has 2 rings (SSSR count). The summed E-state index contributed by atoms with van der Waals surface area (Å²) in [6.07, 6.45) is 0. The molecule has 0 aliphatic heterocycles. The molecule has 0 atom stereocenters. The number of ether oxygens (including phenoxy) is 1. The molecule has 0 aliphatic carbocycles. The molecular weight excluding hydrogens is 234 g/mol.